The molecular formula is C22H18N2. The predicted molar refractivity (Wildman–Crippen MR) is 98.7 cm³/mol. The lowest BCUT2D eigenvalue weighted by Gasteiger charge is -2.04. The molecule has 0 fully saturated rings. The summed E-state index contributed by atoms with van der Waals surface area (Å²) in [6.45, 7) is 0. The third-order valence-corrected chi connectivity index (χ3v) is 4.14. The van der Waals surface area contributed by atoms with Crippen LogP contribution in [0.25, 0.3) is 22.6 Å². The molecule has 0 atom stereocenters. The number of hydrogen-bond acceptors (Lipinski definition) is 1. The van der Waals surface area contributed by atoms with Gasteiger partial charge in [0.2, 0.25) is 0 Å². The molecule has 0 saturated carbocycles. The Bertz CT molecular complexity index is 910. The van der Waals surface area contributed by atoms with E-state index >= 15 is 0 Å². The SMILES string of the molecule is c1ccc(Cc2cc(-c3ccccn3)[nH]c2-c2ccccc2)cc1. The molecule has 2 heterocycles. The molecule has 0 spiro atoms. The molecule has 0 amide bonds. The van der Waals surface area contributed by atoms with Crippen LogP contribution in [0.5, 0.6) is 0 Å². The van der Waals surface area contributed by atoms with Gasteiger partial charge in [0.15, 0.2) is 0 Å². The maximum absolute atomic E-state index is 4.47. The van der Waals surface area contributed by atoms with Gasteiger partial charge in [0.25, 0.3) is 0 Å². The van der Waals surface area contributed by atoms with E-state index in [9.17, 15) is 0 Å². The van der Waals surface area contributed by atoms with Crippen LogP contribution >= 0.6 is 0 Å². The molecule has 116 valence electrons. The van der Waals surface area contributed by atoms with Gasteiger partial charge >= 0.3 is 0 Å². The fourth-order valence-corrected chi connectivity index (χ4v) is 2.98. The fraction of sp³-hybridized carbons (Fsp3) is 0.0455. The molecule has 4 aromatic rings. The van der Waals surface area contributed by atoms with E-state index in [1.54, 1.807) is 0 Å². The number of nitrogens with zero attached hydrogens (tertiary/aromatic N) is 1. The van der Waals surface area contributed by atoms with Crippen molar-refractivity contribution in [2.45, 2.75) is 6.42 Å². The molecule has 0 unspecified atom stereocenters. The van der Waals surface area contributed by atoms with Crippen LogP contribution in [0.15, 0.2) is 91.1 Å². The van der Waals surface area contributed by atoms with Crippen molar-refractivity contribution in [1.82, 2.24) is 9.97 Å². The van der Waals surface area contributed by atoms with Crippen LogP contribution in [-0.2, 0) is 6.42 Å². The predicted octanol–water partition coefficient (Wildman–Crippen LogP) is 5.33. The molecule has 0 aliphatic rings. The number of benzene rings is 2. The maximum atomic E-state index is 4.47. The minimum atomic E-state index is 0.897. The van der Waals surface area contributed by atoms with E-state index in [-0.39, 0.29) is 0 Å². The van der Waals surface area contributed by atoms with Crippen molar-refractivity contribution in [3.63, 3.8) is 0 Å². The highest BCUT2D eigenvalue weighted by molar-refractivity contribution is 5.70. The van der Waals surface area contributed by atoms with Gasteiger partial charge in [-0.05, 0) is 41.3 Å². The first-order chi connectivity index (χ1) is 11.9. The third kappa shape index (κ3) is 2.99. The second kappa shape index (κ2) is 6.55. The first-order valence-electron chi connectivity index (χ1n) is 8.13. The summed E-state index contributed by atoms with van der Waals surface area (Å²) in [5.74, 6) is 0. The molecule has 2 nitrogen and oxygen atoms in total. The first kappa shape index (κ1) is 14.5. The normalized spacial score (nSPS) is 10.7. The van der Waals surface area contributed by atoms with E-state index in [1.165, 1.54) is 22.4 Å². The molecule has 0 radical (unpaired) electrons. The second-order valence-electron chi connectivity index (χ2n) is 5.83. The van der Waals surface area contributed by atoms with E-state index in [0.717, 1.165) is 17.8 Å². The zero-order chi connectivity index (χ0) is 16.2. The largest absolute Gasteiger partial charge is 0.353 e. The minimum Gasteiger partial charge on any atom is -0.353 e. The molecule has 2 aromatic heterocycles. The molecule has 4 rings (SSSR count). The van der Waals surface area contributed by atoms with Gasteiger partial charge in [-0.25, -0.2) is 0 Å². The summed E-state index contributed by atoms with van der Waals surface area (Å²) in [5.41, 5.74) is 6.98. The lowest BCUT2D eigenvalue weighted by molar-refractivity contribution is 1.20. The minimum absolute atomic E-state index is 0.897. The summed E-state index contributed by atoms with van der Waals surface area (Å²) in [6.07, 6.45) is 2.73. The van der Waals surface area contributed by atoms with Gasteiger partial charge in [-0.1, -0.05) is 66.7 Å². The first-order valence-corrected chi connectivity index (χ1v) is 8.13. The summed E-state index contributed by atoms with van der Waals surface area (Å²) < 4.78 is 0. The van der Waals surface area contributed by atoms with Gasteiger partial charge in [0, 0.05) is 11.9 Å². The molecule has 1 N–H and O–H groups in total. The summed E-state index contributed by atoms with van der Waals surface area (Å²) in [4.78, 5) is 8.04. The molecular weight excluding hydrogens is 292 g/mol. The van der Waals surface area contributed by atoms with Crippen molar-refractivity contribution in [3.8, 4) is 22.6 Å². The summed E-state index contributed by atoms with van der Waals surface area (Å²) in [5, 5.41) is 0. The highest BCUT2D eigenvalue weighted by Gasteiger charge is 2.12. The summed E-state index contributed by atoms with van der Waals surface area (Å²) in [7, 11) is 0. The van der Waals surface area contributed by atoms with Crippen LogP contribution < -0.4 is 0 Å². The van der Waals surface area contributed by atoms with Gasteiger partial charge in [-0.3, -0.25) is 4.98 Å². The van der Waals surface area contributed by atoms with Crippen LogP contribution in [-0.4, -0.2) is 9.97 Å². The Labute approximate surface area is 141 Å². The van der Waals surface area contributed by atoms with Crippen molar-refractivity contribution < 1.29 is 0 Å². The van der Waals surface area contributed by atoms with E-state index < -0.39 is 0 Å². The lowest BCUT2D eigenvalue weighted by atomic mass is 10.0. The molecule has 2 aromatic carbocycles. The van der Waals surface area contributed by atoms with Gasteiger partial charge in [-0.15, -0.1) is 0 Å². The molecule has 2 heteroatoms. The van der Waals surface area contributed by atoms with Crippen molar-refractivity contribution in [3.05, 3.63) is 102 Å². The summed E-state index contributed by atoms with van der Waals surface area (Å²) >= 11 is 0. The Morgan fingerprint density at radius 3 is 2.17 bits per heavy atom. The number of aromatic nitrogens is 2. The van der Waals surface area contributed by atoms with Crippen LogP contribution in [0, 0.1) is 0 Å². The van der Waals surface area contributed by atoms with E-state index in [2.05, 4.69) is 70.6 Å². The maximum Gasteiger partial charge on any atom is 0.0864 e. The highest BCUT2D eigenvalue weighted by Crippen LogP contribution is 2.29. The number of aromatic amines is 1. The third-order valence-electron chi connectivity index (χ3n) is 4.14. The van der Waals surface area contributed by atoms with Crippen molar-refractivity contribution in [2.75, 3.05) is 0 Å². The van der Waals surface area contributed by atoms with Crippen LogP contribution in [0.1, 0.15) is 11.1 Å². The Morgan fingerprint density at radius 2 is 1.46 bits per heavy atom. The molecule has 0 bridgehead atoms. The Kier molecular flexibility index (Phi) is 3.95. The smallest absolute Gasteiger partial charge is 0.0864 e. The number of H-pyrrole nitrogens is 1. The van der Waals surface area contributed by atoms with Crippen molar-refractivity contribution >= 4 is 0 Å². The van der Waals surface area contributed by atoms with Crippen LogP contribution in [0.2, 0.25) is 0 Å². The van der Waals surface area contributed by atoms with E-state index in [1.807, 2.05) is 30.5 Å². The Hall–Kier alpha value is -3.13. The van der Waals surface area contributed by atoms with E-state index in [0.29, 0.717) is 0 Å². The van der Waals surface area contributed by atoms with Gasteiger partial charge in [0.1, 0.15) is 0 Å². The van der Waals surface area contributed by atoms with Crippen LogP contribution in [0.3, 0.4) is 0 Å². The zero-order valence-corrected chi connectivity index (χ0v) is 13.3. The van der Waals surface area contributed by atoms with Gasteiger partial charge in [-0.2, -0.15) is 0 Å². The standard InChI is InChI=1S/C22H18N2/c1-3-9-17(10-4-1)15-19-16-21(20-13-7-8-14-23-20)24-22(19)18-11-5-2-6-12-18/h1-14,16,24H,15H2. The number of rotatable bonds is 4. The molecule has 0 saturated heterocycles. The molecule has 0 aliphatic carbocycles. The quantitative estimate of drug-likeness (QED) is 0.542. The Morgan fingerprint density at radius 1 is 0.750 bits per heavy atom. The number of nitrogens with one attached hydrogen (secondary N) is 1. The summed E-state index contributed by atoms with van der Waals surface area (Å²) in [6, 6.07) is 29.2. The zero-order valence-electron chi connectivity index (χ0n) is 13.3. The van der Waals surface area contributed by atoms with Crippen molar-refractivity contribution in [2.24, 2.45) is 0 Å². The monoisotopic (exact) mass is 310 g/mol. The van der Waals surface area contributed by atoms with Crippen LogP contribution in [0.4, 0.5) is 0 Å². The second-order valence-corrected chi connectivity index (χ2v) is 5.83. The average molecular weight is 310 g/mol. The fourth-order valence-electron chi connectivity index (χ4n) is 2.98. The lowest BCUT2D eigenvalue weighted by Crippen LogP contribution is -1.89. The van der Waals surface area contributed by atoms with E-state index in [4.69, 9.17) is 0 Å². The van der Waals surface area contributed by atoms with Gasteiger partial charge in [0.05, 0.1) is 11.4 Å². The van der Waals surface area contributed by atoms with Gasteiger partial charge < -0.3 is 4.98 Å². The molecule has 24 heavy (non-hydrogen) atoms. The molecule has 0 aliphatic heterocycles. The Balaban J connectivity index is 1.80. The number of pyridine rings is 1. The number of hydrogen-bond donors (Lipinski definition) is 1. The highest BCUT2D eigenvalue weighted by atomic mass is 14.8. The average Bonchev–Trinajstić information content (AvgIpc) is 3.08. The van der Waals surface area contributed by atoms with Crippen molar-refractivity contribution in [1.29, 1.82) is 0 Å². The topological polar surface area (TPSA) is 28.7 Å².